The highest BCUT2D eigenvalue weighted by Crippen LogP contribution is 2.64. The Bertz CT molecular complexity index is 1640. The fraction of sp³-hybridized carbons (Fsp3) is 0.471. The molecule has 44 heavy (non-hydrogen) atoms. The predicted molar refractivity (Wildman–Crippen MR) is 156 cm³/mol. The number of hydrogen-bond donors (Lipinski definition) is 4. The molecular formula is C34H34N2O8. The van der Waals surface area contributed by atoms with Crippen molar-refractivity contribution in [3.8, 4) is 23.0 Å². The van der Waals surface area contributed by atoms with Crippen molar-refractivity contribution in [3.05, 3.63) is 70.8 Å². The van der Waals surface area contributed by atoms with Crippen molar-refractivity contribution in [2.24, 2.45) is 0 Å². The maximum Gasteiger partial charge on any atom is 0.196 e. The molecule has 10 nitrogen and oxygen atoms in total. The number of phenols is 2. The standard InChI is InChI=1S/2C17H17NO4/c2*1-18-7-6-16-13-9-2-3-10(19)14(13)22-15(16)11(20)4-5-17(16,21)12(18)8-9/h2*2-5,12,15,19,21H,6-8H2,1H3/t2*12-,15+,16+,17-/m11/s1. The fourth-order valence-corrected chi connectivity index (χ4v) is 10.3. The number of nitrogens with zero attached hydrogens (tertiary/aromatic N) is 2. The van der Waals surface area contributed by atoms with Crippen LogP contribution in [-0.2, 0) is 33.3 Å². The molecule has 2 spiro atoms. The highest BCUT2D eigenvalue weighted by molar-refractivity contribution is 5.99. The Balaban J connectivity index is 0.000000123. The molecule has 2 fully saturated rings. The Hall–Kier alpha value is -3.70. The van der Waals surface area contributed by atoms with Crippen LogP contribution in [0.25, 0.3) is 0 Å². The summed E-state index contributed by atoms with van der Waals surface area (Å²) in [6.07, 6.45) is 7.41. The Kier molecular flexibility index (Phi) is 4.92. The second-order valence-electron chi connectivity index (χ2n) is 13.9. The minimum Gasteiger partial charge on any atom is -0.504 e. The van der Waals surface area contributed by atoms with E-state index in [1.165, 1.54) is 12.2 Å². The number of ketones is 2. The van der Waals surface area contributed by atoms with E-state index in [1.807, 2.05) is 26.2 Å². The third kappa shape index (κ3) is 2.71. The summed E-state index contributed by atoms with van der Waals surface area (Å²) in [5, 5.41) is 43.5. The molecule has 0 aromatic heterocycles. The number of carbonyl (C=O) groups excluding carboxylic acids is 2. The van der Waals surface area contributed by atoms with Gasteiger partial charge in [-0.3, -0.25) is 19.4 Å². The first kappa shape index (κ1) is 26.7. The lowest BCUT2D eigenvalue weighted by Gasteiger charge is -2.60. The van der Waals surface area contributed by atoms with Crippen molar-refractivity contribution >= 4 is 11.6 Å². The first-order valence-corrected chi connectivity index (χ1v) is 15.3. The van der Waals surface area contributed by atoms with Crippen molar-refractivity contribution in [1.29, 1.82) is 0 Å². The monoisotopic (exact) mass is 598 g/mol. The number of likely N-dealkylation sites (tertiary alicyclic amines) is 2. The van der Waals surface area contributed by atoms with Gasteiger partial charge >= 0.3 is 0 Å². The summed E-state index contributed by atoms with van der Waals surface area (Å²) >= 11 is 0. The summed E-state index contributed by atoms with van der Waals surface area (Å²) in [6, 6.07) is 6.88. The van der Waals surface area contributed by atoms with E-state index in [0.29, 0.717) is 37.2 Å². The van der Waals surface area contributed by atoms with Gasteiger partial charge in [0.1, 0.15) is 11.2 Å². The zero-order chi connectivity index (χ0) is 30.6. The zero-order valence-corrected chi connectivity index (χ0v) is 24.5. The molecule has 2 aromatic rings. The fourth-order valence-electron chi connectivity index (χ4n) is 10.3. The van der Waals surface area contributed by atoms with E-state index in [9.17, 15) is 30.0 Å². The van der Waals surface area contributed by atoms with Gasteiger partial charge < -0.3 is 29.9 Å². The van der Waals surface area contributed by atoms with Crippen molar-refractivity contribution in [1.82, 2.24) is 9.80 Å². The molecule has 8 atom stereocenters. The van der Waals surface area contributed by atoms with Crippen LogP contribution in [0.4, 0.5) is 0 Å². The van der Waals surface area contributed by atoms with Crippen LogP contribution < -0.4 is 9.47 Å². The van der Waals surface area contributed by atoms with Gasteiger partial charge in [-0.05, 0) is 100 Å². The van der Waals surface area contributed by atoms with Gasteiger partial charge in [0.2, 0.25) is 0 Å². The lowest BCUT2D eigenvalue weighted by Crippen LogP contribution is -2.74. The normalized spacial score (nSPS) is 41.3. The summed E-state index contributed by atoms with van der Waals surface area (Å²) in [5.74, 6) is 0.625. The number of piperidine rings is 2. The van der Waals surface area contributed by atoms with Gasteiger partial charge in [0.15, 0.2) is 46.8 Å². The summed E-state index contributed by atoms with van der Waals surface area (Å²) in [4.78, 5) is 29.2. The van der Waals surface area contributed by atoms with Crippen LogP contribution in [0.5, 0.6) is 23.0 Å². The topological polar surface area (TPSA) is 140 Å². The second kappa shape index (κ2) is 8.11. The molecule has 0 amide bonds. The molecule has 2 saturated heterocycles. The third-order valence-electron chi connectivity index (χ3n) is 12.3. The Morgan fingerprint density at radius 3 is 1.52 bits per heavy atom. The largest absolute Gasteiger partial charge is 0.504 e. The van der Waals surface area contributed by atoms with Gasteiger partial charge in [-0.15, -0.1) is 0 Å². The maximum absolute atomic E-state index is 12.4. The molecular weight excluding hydrogens is 564 g/mol. The highest BCUT2D eigenvalue weighted by atomic mass is 16.5. The molecule has 4 heterocycles. The van der Waals surface area contributed by atoms with E-state index in [2.05, 4.69) is 9.80 Å². The highest BCUT2D eigenvalue weighted by Gasteiger charge is 2.73. The molecule has 4 aliphatic heterocycles. The molecule has 0 unspecified atom stereocenters. The van der Waals surface area contributed by atoms with E-state index < -0.39 is 34.2 Å². The van der Waals surface area contributed by atoms with Gasteiger partial charge in [0, 0.05) is 23.2 Å². The van der Waals surface area contributed by atoms with Gasteiger partial charge in [0.05, 0.1) is 10.8 Å². The molecule has 228 valence electrons. The molecule has 4 N–H and O–H groups in total. The average molecular weight is 599 g/mol. The maximum atomic E-state index is 12.4. The van der Waals surface area contributed by atoms with E-state index in [0.717, 1.165) is 35.3 Å². The molecule has 10 rings (SSSR count). The number of benzene rings is 2. The number of aliphatic hydroxyl groups is 2. The smallest absolute Gasteiger partial charge is 0.196 e. The van der Waals surface area contributed by atoms with Crippen molar-refractivity contribution < 1.29 is 39.5 Å². The average Bonchev–Trinajstić information content (AvgIpc) is 3.55. The van der Waals surface area contributed by atoms with Gasteiger partial charge in [-0.2, -0.15) is 0 Å². The van der Waals surface area contributed by atoms with Crippen molar-refractivity contribution in [3.63, 3.8) is 0 Å². The SMILES string of the molecule is CN1CC[C@]23c4c5ccc(O)c4O[C@H]2C(=O)C=C[C@@]3(O)[C@H]1C5.CN1CC[C@]23c4c5ccc(O)c4O[C@H]2C(=O)C=C[C@@]3(O)[C@H]1C5. The molecule has 2 aromatic carbocycles. The number of likely N-dealkylation sites (N-methyl/N-ethyl adjacent to an activating group) is 2. The Morgan fingerprint density at radius 2 is 1.11 bits per heavy atom. The van der Waals surface area contributed by atoms with Crippen molar-refractivity contribution in [2.45, 2.75) is 72.0 Å². The Morgan fingerprint density at radius 1 is 0.705 bits per heavy atom. The molecule has 10 heteroatoms. The van der Waals surface area contributed by atoms with Crippen LogP contribution in [0.1, 0.15) is 35.1 Å². The van der Waals surface area contributed by atoms with Crippen LogP contribution in [0.2, 0.25) is 0 Å². The summed E-state index contributed by atoms with van der Waals surface area (Å²) in [5.41, 5.74) is 0.0354. The van der Waals surface area contributed by atoms with Crippen LogP contribution in [0, 0.1) is 0 Å². The number of ether oxygens (including phenoxy) is 2. The molecule has 8 aliphatic rings. The van der Waals surface area contributed by atoms with Crippen LogP contribution in [0.15, 0.2) is 48.6 Å². The minimum atomic E-state index is -1.13. The predicted octanol–water partition coefficient (Wildman–Crippen LogP) is 1.04. The minimum absolute atomic E-state index is 0.0510. The van der Waals surface area contributed by atoms with E-state index in [4.69, 9.17) is 9.47 Å². The van der Waals surface area contributed by atoms with E-state index >= 15 is 0 Å². The number of aromatic hydroxyl groups is 2. The summed E-state index contributed by atoms with van der Waals surface area (Å²) in [7, 11) is 4.02. The van der Waals surface area contributed by atoms with Gasteiger partial charge in [-0.25, -0.2) is 0 Å². The molecule has 4 aliphatic carbocycles. The lowest BCUT2D eigenvalue weighted by molar-refractivity contribution is -0.151. The lowest BCUT2D eigenvalue weighted by atomic mass is 9.51. The van der Waals surface area contributed by atoms with Gasteiger partial charge in [-0.1, -0.05) is 12.1 Å². The first-order chi connectivity index (χ1) is 21.0. The van der Waals surface area contributed by atoms with Crippen LogP contribution >= 0.6 is 0 Å². The second-order valence-corrected chi connectivity index (χ2v) is 13.9. The molecule has 0 saturated carbocycles. The van der Waals surface area contributed by atoms with E-state index in [-0.39, 0.29) is 35.1 Å². The number of rotatable bonds is 0. The molecule has 0 radical (unpaired) electrons. The third-order valence-corrected chi connectivity index (χ3v) is 12.3. The number of hydrogen-bond acceptors (Lipinski definition) is 10. The quantitative estimate of drug-likeness (QED) is 0.348. The summed E-state index contributed by atoms with van der Waals surface area (Å²) < 4.78 is 11.8. The number of phenolic OH excluding ortho intramolecular Hbond substituents is 2. The van der Waals surface area contributed by atoms with Crippen LogP contribution in [0.3, 0.4) is 0 Å². The Labute approximate surface area is 253 Å². The van der Waals surface area contributed by atoms with Crippen molar-refractivity contribution in [2.75, 3.05) is 27.2 Å². The van der Waals surface area contributed by atoms with Gasteiger partial charge in [0.25, 0.3) is 0 Å². The first-order valence-electron chi connectivity index (χ1n) is 15.3. The summed E-state index contributed by atoms with van der Waals surface area (Å²) in [6.45, 7) is 1.59. The van der Waals surface area contributed by atoms with E-state index in [1.54, 1.807) is 24.3 Å². The zero-order valence-electron chi connectivity index (χ0n) is 24.5. The number of carbonyl (C=O) groups is 2. The van der Waals surface area contributed by atoms with Crippen LogP contribution in [-0.4, -0.2) is 104 Å². The molecule has 4 bridgehead atoms.